The quantitative estimate of drug-likeness (QED) is 0.251. The predicted octanol–water partition coefficient (Wildman–Crippen LogP) is 0.401. The molecule has 208 valence electrons. The van der Waals surface area contributed by atoms with Crippen molar-refractivity contribution in [1.82, 2.24) is 20.9 Å². The van der Waals surface area contributed by atoms with Crippen molar-refractivity contribution in [3.63, 3.8) is 0 Å². The topological polar surface area (TPSA) is 176 Å². The average Bonchev–Trinajstić information content (AvgIpc) is 2.90. The summed E-state index contributed by atoms with van der Waals surface area (Å²) in [6.07, 6.45) is -2.59. The first kappa shape index (κ1) is 29.7. The molecule has 5 N–H and O–H groups in total. The van der Waals surface area contributed by atoms with Gasteiger partial charge in [0.15, 0.2) is 6.10 Å². The number of likely N-dealkylation sites (N-methyl/N-ethyl adjacent to an activating group) is 1. The lowest BCUT2D eigenvalue weighted by Gasteiger charge is -2.35. The van der Waals surface area contributed by atoms with E-state index >= 15 is 0 Å². The van der Waals surface area contributed by atoms with Crippen LogP contribution in [0.2, 0.25) is 0 Å². The molecule has 1 aliphatic heterocycles. The molecule has 39 heavy (non-hydrogen) atoms. The maximum absolute atomic E-state index is 13.3. The first-order valence-corrected chi connectivity index (χ1v) is 12.6. The van der Waals surface area contributed by atoms with E-state index in [-0.39, 0.29) is 18.0 Å². The molecule has 3 rings (SSSR count). The Hall–Kier alpha value is -3.81. The summed E-state index contributed by atoms with van der Waals surface area (Å²) in [5, 5.41) is 27.6. The number of aromatic nitrogens is 1. The van der Waals surface area contributed by atoms with Crippen LogP contribution in [0.3, 0.4) is 0 Å². The van der Waals surface area contributed by atoms with Gasteiger partial charge in [0.05, 0.1) is 17.7 Å². The highest BCUT2D eigenvalue weighted by atomic mass is 16.6. The zero-order valence-corrected chi connectivity index (χ0v) is 22.2. The average molecular weight is 540 g/mol. The van der Waals surface area contributed by atoms with E-state index in [9.17, 15) is 29.4 Å². The molecule has 1 saturated heterocycles. The predicted molar refractivity (Wildman–Crippen MR) is 141 cm³/mol. The van der Waals surface area contributed by atoms with Crippen LogP contribution in [0.15, 0.2) is 48.5 Å². The van der Waals surface area contributed by atoms with Crippen molar-refractivity contribution in [1.29, 1.82) is 0 Å². The number of benzene rings is 1. The molecule has 1 aromatic carbocycles. The van der Waals surface area contributed by atoms with Crippen molar-refractivity contribution < 1.29 is 38.7 Å². The summed E-state index contributed by atoms with van der Waals surface area (Å²) in [4.78, 5) is 54.8. The lowest BCUT2D eigenvalue weighted by molar-refractivity contribution is -0.161. The van der Waals surface area contributed by atoms with Crippen molar-refractivity contribution in [3.8, 4) is 11.3 Å². The van der Waals surface area contributed by atoms with E-state index in [4.69, 9.17) is 9.31 Å². The van der Waals surface area contributed by atoms with E-state index in [1.807, 2.05) is 44.2 Å². The van der Waals surface area contributed by atoms with Crippen LogP contribution in [-0.4, -0.2) is 83.3 Å². The van der Waals surface area contributed by atoms with Crippen LogP contribution in [-0.2, 0) is 23.7 Å². The molecule has 0 saturated carbocycles. The Morgan fingerprint density at radius 3 is 2.33 bits per heavy atom. The van der Waals surface area contributed by atoms with Crippen LogP contribution in [0.5, 0.6) is 0 Å². The maximum Gasteiger partial charge on any atom is 0.552 e. The van der Waals surface area contributed by atoms with Gasteiger partial charge in [0.25, 0.3) is 5.91 Å². The third-order valence-corrected chi connectivity index (χ3v) is 6.11. The summed E-state index contributed by atoms with van der Waals surface area (Å²) >= 11 is 0. The molecule has 1 fully saturated rings. The van der Waals surface area contributed by atoms with E-state index in [1.165, 1.54) is 20.0 Å². The number of carboxylic acids is 1. The van der Waals surface area contributed by atoms with Gasteiger partial charge in [0, 0.05) is 5.56 Å². The second kappa shape index (κ2) is 13.3. The van der Waals surface area contributed by atoms with E-state index in [1.54, 1.807) is 12.1 Å². The van der Waals surface area contributed by atoms with Crippen molar-refractivity contribution in [2.45, 2.75) is 57.4 Å². The molecular weight excluding hydrogens is 507 g/mol. The molecule has 5 atom stereocenters. The van der Waals surface area contributed by atoms with Gasteiger partial charge in [-0.1, -0.05) is 50.2 Å². The smallest absolute Gasteiger partial charge is 0.507 e. The number of amides is 2. The third-order valence-electron chi connectivity index (χ3n) is 6.11. The number of nitrogens with one attached hydrogen (secondary N) is 3. The number of aliphatic carboxylic acids is 1. The maximum atomic E-state index is 13.3. The number of aliphatic hydroxyl groups is 1. The van der Waals surface area contributed by atoms with Crippen LogP contribution >= 0.6 is 0 Å². The van der Waals surface area contributed by atoms with Gasteiger partial charge in [-0.3, -0.25) is 14.4 Å². The fourth-order valence-corrected chi connectivity index (χ4v) is 4.18. The number of pyridine rings is 1. The van der Waals surface area contributed by atoms with Gasteiger partial charge in [-0.2, -0.15) is 0 Å². The number of rotatable bonds is 11. The molecule has 12 nitrogen and oxygen atoms in total. The van der Waals surface area contributed by atoms with Gasteiger partial charge in [-0.15, -0.1) is 0 Å². The Balaban J connectivity index is 1.77. The molecule has 2 amide bonds. The highest BCUT2D eigenvalue weighted by Gasteiger charge is 2.49. The van der Waals surface area contributed by atoms with Crippen molar-refractivity contribution >= 4 is 30.9 Å². The fraction of sp³-hybridized carbons (Fsp3) is 0.423. The molecule has 1 aromatic heterocycles. The van der Waals surface area contributed by atoms with Gasteiger partial charge in [-0.25, -0.2) is 9.78 Å². The first-order chi connectivity index (χ1) is 18.5. The standard InChI is InChI=1S/C26H33BN4O8/c1-14(2)13-19(27-38-22(25(35)36)21(28-4)26(37)39-27)30-24(34)20(15(3)32)31-23(33)18-12-8-11-17(29-18)16-9-6-5-7-10-16/h5-12,14-15,19-22,28,32H,13H2,1-4H3,(H,30,34)(H,31,33)(H,35,36)/t15-,19+,20+,21+,22-/m1/s1. The lowest BCUT2D eigenvalue weighted by atomic mass is 9.72. The number of carboxylic acid groups (broad SMARTS) is 1. The molecule has 0 aliphatic carbocycles. The number of nitrogens with zero attached hydrogens (tertiary/aromatic N) is 1. The van der Waals surface area contributed by atoms with Gasteiger partial charge in [0.1, 0.15) is 17.8 Å². The molecule has 0 radical (unpaired) electrons. The van der Waals surface area contributed by atoms with Crippen LogP contribution in [0.4, 0.5) is 0 Å². The molecule has 1 aliphatic rings. The Morgan fingerprint density at radius 2 is 1.74 bits per heavy atom. The van der Waals surface area contributed by atoms with E-state index in [0.29, 0.717) is 5.69 Å². The molecule has 2 heterocycles. The van der Waals surface area contributed by atoms with E-state index in [2.05, 4.69) is 20.9 Å². The molecule has 0 spiro atoms. The normalized spacial score (nSPS) is 19.5. The van der Waals surface area contributed by atoms with Crippen LogP contribution in [0.25, 0.3) is 11.3 Å². The highest BCUT2D eigenvalue weighted by molar-refractivity contribution is 6.50. The van der Waals surface area contributed by atoms with E-state index in [0.717, 1.165) is 5.56 Å². The second-order valence-corrected chi connectivity index (χ2v) is 9.68. The summed E-state index contributed by atoms with van der Waals surface area (Å²) in [5.41, 5.74) is 1.40. The summed E-state index contributed by atoms with van der Waals surface area (Å²) in [6.45, 7) is 5.05. The SMILES string of the molecule is CN[C@@H]1C(=O)OB([C@H](CC(C)C)NC(=O)[C@@H](NC(=O)c2cccc(-c3ccccc3)n2)[C@@H](C)O)O[C@H]1C(=O)O. The highest BCUT2D eigenvalue weighted by Crippen LogP contribution is 2.20. The van der Waals surface area contributed by atoms with E-state index < -0.39 is 61.1 Å². The van der Waals surface area contributed by atoms with Crippen LogP contribution in [0, 0.1) is 5.92 Å². The minimum Gasteiger partial charge on any atom is -0.507 e. The first-order valence-electron chi connectivity index (χ1n) is 12.6. The summed E-state index contributed by atoms with van der Waals surface area (Å²) in [5.74, 6) is -4.65. The number of carbonyl (C=O) groups excluding carboxylic acids is 3. The molecule has 2 aromatic rings. The van der Waals surface area contributed by atoms with Crippen molar-refractivity contribution in [3.05, 3.63) is 54.2 Å². The number of hydrogen-bond acceptors (Lipinski definition) is 9. The number of hydrogen-bond donors (Lipinski definition) is 5. The molecule has 0 bridgehead atoms. The van der Waals surface area contributed by atoms with Crippen LogP contribution < -0.4 is 16.0 Å². The molecular formula is C26H33BN4O8. The van der Waals surface area contributed by atoms with Gasteiger partial charge >= 0.3 is 19.1 Å². The summed E-state index contributed by atoms with van der Waals surface area (Å²) in [6, 6.07) is 11.5. The van der Waals surface area contributed by atoms with Gasteiger partial charge in [0.2, 0.25) is 5.91 Å². The lowest BCUT2D eigenvalue weighted by Crippen LogP contribution is -2.65. The largest absolute Gasteiger partial charge is 0.552 e. The van der Waals surface area contributed by atoms with Gasteiger partial charge < -0.3 is 35.5 Å². The third kappa shape index (κ3) is 7.62. The molecule has 13 heteroatoms. The Morgan fingerprint density at radius 1 is 1.05 bits per heavy atom. The fourth-order valence-electron chi connectivity index (χ4n) is 4.18. The minimum absolute atomic E-state index is 0.0209. The Bertz CT molecular complexity index is 1180. The van der Waals surface area contributed by atoms with Crippen molar-refractivity contribution in [2.24, 2.45) is 5.92 Å². The van der Waals surface area contributed by atoms with Crippen LogP contribution in [0.1, 0.15) is 37.7 Å². The zero-order chi connectivity index (χ0) is 28.7. The summed E-state index contributed by atoms with van der Waals surface area (Å²) < 4.78 is 10.9. The molecule has 0 unspecified atom stereocenters. The minimum atomic E-state index is -1.54. The van der Waals surface area contributed by atoms with Crippen molar-refractivity contribution in [2.75, 3.05) is 7.05 Å². The zero-order valence-electron chi connectivity index (χ0n) is 22.2. The summed E-state index contributed by atoms with van der Waals surface area (Å²) in [7, 11) is 0.00306. The van der Waals surface area contributed by atoms with Gasteiger partial charge in [-0.05, 0) is 38.4 Å². The Kier molecular flexibility index (Phi) is 10.2. The monoisotopic (exact) mass is 540 g/mol. The number of carbonyl (C=O) groups is 4. The number of aliphatic hydroxyl groups excluding tert-OH is 1. The second-order valence-electron chi connectivity index (χ2n) is 9.68. The Labute approximate surface area is 226 Å².